The summed E-state index contributed by atoms with van der Waals surface area (Å²) in [5.74, 6) is 0.939. The Bertz CT molecular complexity index is 491. The summed E-state index contributed by atoms with van der Waals surface area (Å²) in [6, 6.07) is 7.87. The van der Waals surface area contributed by atoms with Crippen LogP contribution in [-0.2, 0) is 13.6 Å². The van der Waals surface area contributed by atoms with E-state index in [1.54, 1.807) is 11.0 Å². The standard InChI is InChI=1S/C12H17N5/c1-3-17(8-12-14-9-15-16(12)2)11-6-4-5-10(13)7-11/h4-7,9H,3,8,13H2,1-2H3. The zero-order chi connectivity index (χ0) is 12.3. The molecule has 0 aliphatic rings. The van der Waals surface area contributed by atoms with E-state index in [9.17, 15) is 0 Å². The number of nitrogens with two attached hydrogens (primary N) is 1. The van der Waals surface area contributed by atoms with Crippen molar-refractivity contribution < 1.29 is 0 Å². The molecule has 1 aromatic carbocycles. The molecule has 0 amide bonds. The fraction of sp³-hybridized carbons (Fsp3) is 0.333. The van der Waals surface area contributed by atoms with Crippen molar-refractivity contribution in [3.05, 3.63) is 36.4 Å². The van der Waals surface area contributed by atoms with Crippen LogP contribution < -0.4 is 10.6 Å². The Morgan fingerprint density at radius 1 is 1.41 bits per heavy atom. The van der Waals surface area contributed by atoms with E-state index in [-0.39, 0.29) is 0 Å². The molecule has 17 heavy (non-hydrogen) atoms. The summed E-state index contributed by atoms with van der Waals surface area (Å²) in [6.07, 6.45) is 1.57. The van der Waals surface area contributed by atoms with Crippen LogP contribution in [0.25, 0.3) is 0 Å². The SMILES string of the molecule is CCN(Cc1ncnn1C)c1cccc(N)c1. The van der Waals surface area contributed by atoms with Crippen LogP contribution in [0.4, 0.5) is 11.4 Å². The van der Waals surface area contributed by atoms with E-state index in [0.29, 0.717) is 0 Å². The lowest BCUT2D eigenvalue weighted by molar-refractivity contribution is 0.674. The number of nitrogen functional groups attached to an aromatic ring is 1. The van der Waals surface area contributed by atoms with E-state index in [1.165, 1.54) is 0 Å². The summed E-state index contributed by atoms with van der Waals surface area (Å²) in [7, 11) is 1.90. The second-order valence-corrected chi connectivity index (χ2v) is 3.91. The summed E-state index contributed by atoms with van der Waals surface area (Å²) >= 11 is 0. The maximum atomic E-state index is 5.79. The molecule has 0 fully saturated rings. The van der Waals surface area contributed by atoms with E-state index in [1.807, 2.05) is 25.2 Å². The molecule has 0 bridgehead atoms. The predicted molar refractivity (Wildman–Crippen MR) is 68.6 cm³/mol. The molecule has 5 nitrogen and oxygen atoms in total. The van der Waals surface area contributed by atoms with E-state index in [2.05, 4.69) is 28.0 Å². The van der Waals surface area contributed by atoms with Gasteiger partial charge in [-0.1, -0.05) is 6.07 Å². The molecule has 0 saturated carbocycles. The maximum Gasteiger partial charge on any atom is 0.146 e. The number of hydrogen-bond donors (Lipinski definition) is 1. The average Bonchev–Trinajstić information content (AvgIpc) is 2.71. The van der Waals surface area contributed by atoms with E-state index < -0.39 is 0 Å². The molecule has 0 aliphatic heterocycles. The van der Waals surface area contributed by atoms with Gasteiger partial charge < -0.3 is 10.6 Å². The van der Waals surface area contributed by atoms with Crippen molar-refractivity contribution >= 4 is 11.4 Å². The van der Waals surface area contributed by atoms with Gasteiger partial charge in [-0.25, -0.2) is 4.98 Å². The Hall–Kier alpha value is -2.04. The van der Waals surface area contributed by atoms with Crippen LogP contribution in [0, 0.1) is 0 Å². The Morgan fingerprint density at radius 3 is 2.82 bits per heavy atom. The highest BCUT2D eigenvalue weighted by atomic mass is 15.3. The Morgan fingerprint density at radius 2 is 2.24 bits per heavy atom. The second kappa shape index (κ2) is 4.86. The summed E-state index contributed by atoms with van der Waals surface area (Å²) in [5.41, 5.74) is 7.68. The first-order valence-corrected chi connectivity index (χ1v) is 5.64. The lowest BCUT2D eigenvalue weighted by Crippen LogP contribution is -2.24. The van der Waals surface area contributed by atoms with Gasteiger partial charge >= 0.3 is 0 Å². The summed E-state index contributed by atoms with van der Waals surface area (Å²) in [5, 5.41) is 4.07. The minimum atomic E-state index is 0.733. The van der Waals surface area contributed by atoms with Gasteiger partial charge in [-0.2, -0.15) is 5.10 Å². The van der Waals surface area contributed by atoms with Crippen molar-refractivity contribution in [2.45, 2.75) is 13.5 Å². The molecule has 0 saturated heterocycles. The number of aromatic nitrogens is 3. The molecule has 90 valence electrons. The number of rotatable bonds is 4. The smallest absolute Gasteiger partial charge is 0.146 e. The minimum Gasteiger partial charge on any atom is -0.399 e. The Kier molecular flexibility index (Phi) is 3.27. The molecule has 0 unspecified atom stereocenters. The normalized spacial score (nSPS) is 10.5. The van der Waals surface area contributed by atoms with Gasteiger partial charge in [0.15, 0.2) is 0 Å². The van der Waals surface area contributed by atoms with Gasteiger partial charge in [0.2, 0.25) is 0 Å². The fourth-order valence-corrected chi connectivity index (χ4v) is 1.74. The first-order chi connectivity index (χ1) is 8.20. The van der Waals surface area contributed by atoms with Crippen molar-refractivity contribution in [3.63, 3.8) is 0 Å². The van der Waals surface area contributed by atoms with Crippen LogP contribution in [0.1, 0.15) is 12.7 Å². The number of anilines is 2. The Labute approximate surface area is 101 Å². The molecular formula is C12H17N5. The third-order valence-electron chi connectivity index (χ3n) is 2.75. The van der Waals surface area contributed by atoms with Crippen molar-refractivity contribution in [3.8, 4) is 0 Å². The average molecular weight is 231 g/mol. The molecule has 2 rings (SSSR count). The summed E-state index contributed by atoms with van der Waals surface area (Å²) in [6.45, 7) is 3.74. The molecule has 0 spiro atoms. The topological polar surface area (TPSA) is 60.0 Å². The van der Waals surface area contributed by atoms with Crippen LogP contribution in [0.15, 0.2) is 30.6 Å². The molecule has 0 atom stereocenters. The third kappa shape index (κ3) is 2.55. The van der Waals surface area contributed by atoms with Crippen molar-refractivity contribution in [1.82, 2.24) is 14.8 Å². The van der Waals surface area contributed by atoms with Crippen LogP contribution in [-0.4, -0.2) is 21.3 Å². The van der Waals surface area contributed by atoms with E-state index >= 15 is 0 Å². The number of aryl methyl sites for hydroxylation is 1. The van der Waals surface area contributed by atoms with Crippen molar-refractivity contribution in [2.75, 3.05) is 17.2 Å². The molecule has 1 aromatic heterocycles. The third-order valence-corrected chi connectivity index (χ3v) is 2.75. The predicted octanol–water partition coefficient (Wildman–Crippen LogP) is 1.42. The second-order valence-electron chi connectivity index (χ2n) is 3.91. The summed E-state index contributed by atoms with van der Waals surface area (Å²) < 4.78 is 1.79. The monoisotopic (exact) mass is 231 g/mol. The zero-order valence-corrected chi connectivity index (χ0v) is 10.2. The number of nitrogens with zero attached hydrogens (tertiary/aromatic N) is 4. The van der Waals surface area contributed by atoms with Gasteiger partial charge in [-0.05, 0) is 25.1 Å². The Balaban J connectivity index is 2.20. The molecule has 5 heteroatoms. The van der Waals surface area contributed by atoms with E-state index in [0.717, 1.165) is 30.3 Å². The minimum absolute atomic E-state index is 0.733. The number of benzene rings is 1. The highest BCUT2D eigenvalue weighted by Crippen LogP contribution is 2.18. The quantitative estimate of drug-likeness (QED) is 0.808. The highest BCUT2D eigenvalue weighted by molar-refractivity contribution is 5.55. The number of hydrogen-bond acceptors (Lipinski definition) is 4. The molecular weight excluding hydrogens is 214 g/mol. The van der Waals surface area contributed by atoms with Gasteiger partial charge in [-0.15, -0.1) is 0 Å². The lowest BCUT2D eigenvalue weighted by atomic mass is 10.2. The summed E-state index contributed by atoms with van der Waals surface area (Å²) in [4.78, 5) is 6.44. The van der Waals surface area contributed by atoms with Crippen molar-refractivity contribution in [1.29, 1.82) is 0 Å². The van der Waals surface area contributed by atoms with E-state index in [4.69, 9.17) is 5.73 Å². The molecule has 1 heterocycles. The molecule has 2 aromatic rings. The highest BCUT2D eigenvalue weighted by Gasteiger charge is 2.08. The first-order valence-electron chi connectivity index (χ1n) is 5.64. The lowest BCUT2D eigenvalue weighted by Gasteiger charge is -2.22. The van der Waals surface area contributed by atoms with Gasteiger partial charge in [0.05, 0.1) is 6.54 Å². The molecule has 0 radical (unpaired) electrons. The van der Waals surface area contributed by atoms with Gasteiger partial charge in [0, 0.05) is 25.0 Å². The van der Waals surface area contributed by atoms with Crippen LogP contribution >= 0.6 is 0 Å². The van der Waals surface area contributed by atoms with Crippen LogP contribution in [0.5, 0.6) is 0 Å². The van der Waals surface area contributed by atoms with Crippen molar-refractivity contribution in [2.24, 2.45) is 7.05 Å². The van der Waals surface area contributed by atoms with Gasteiger partial charge in [-0.3, -0.25) is 4.68 Å². The van der Waals surface area contributed by atoms with Gasteiger partial charge in [0.1, 0.15) is 12.2 Å². The zero-order valence-electron chi connectivity index (χ0n) is 10.2. The van der Waals surface area contributed by atoms with Gasteiger partial charge in [0.25, 0.3) is 0 Å². The molecule has 2 N–H and O–H groups in total. The largest absolute Gasteiger partial charge is 0.399 e. The van der Waals surface area contributed by atoms with Crippen LogP contribution in [0.2, 0.25) is 0 Å². The maximum absolute atomic E-state index is 5.79. The fourth-order valence-electron chi connectivity index (χ4n) is 1.74. The van der Waals surface area contributed by atoms with Crippen LogP contribution in [0.3, 0.4) is 0 Å². The molecule has 0 aliphatic carbocycles. The first kappa shape index (κ1) is 11.4.